The second kappa shape index (κ2) is 5.75. The minimum Gasteiger partial charge on any atom is -0.478 e. The quantitative estimate of drug-likeness (QED) is 0.752. The van der Waals surface area contributed by atoms with E-state index >= 15 is 0 Å². The summed E-state index contributed by atoms with van der Waals surface area (Å²) in [6.07, 6.45) is 0. The first-order chi connectivity index (χ1) is 9.47. The van der Waals surface area contributed by atoms with Crippen molar-refractivity contribution in [3.8, 4) is 0 Å². The summed E-state index contributed by atoms with van der Waals surface area (Å²) >= 11 is 3.27. The van der Waals surface area contributed by atoms with Crippen molar-refractivity contribution in [2.24, 2.45) is 0 Å². The Morgan fingerprint density at radius 3 is 2.60 bits per heavy atom. The van der Waals surface area contributed by atoms with Gasteiger partial charge in [0, 0.05) is 15.8 Å². The Bertz CT molecular complexity index is 686. The molecule has 2 aromatic rings. The van der Waals surface area contributed by atoms with Crippen molar-refractivity contribution in [1.82, 2.24) is 0 Å². The zero-order chi connectivity index (χ0) is 14.7. The summed E-state index contributed by atoms with van der Waals surface area (Å²) < 4.78 is 0.610. The van der Waals surface area contributed by atoms with Gasteiger partial charge in [-0.3, -0.25) is 4.79 Å². The summed E-state index contributed by atoms with van der Waals surface area (Å²) in [6.45, 7) is 0. The SMILES string of the molecule is Nc1ccc(Br)c(C(=O)Nc2cccc(C(=O)O)c2)c1. The molecular weight excluding hydrogens is 324 g/mol. The number of benzene rings is 2. The minimum absolute atomic E-state index is 0.106. The van der Waals surface area contributed by atoms with Crippen molar-refractivity contribution in [2.45, 2.75) is 0 Å². The second-order valence-corrected chi connectivity index (χ2v) is 4.93. The number of aromatic carboxylic acids is 1. The molecule has 0 aliphatic carbocycles. The van der Waals surface area contributed by atoms with E-state index in [2.05, 4.69) is 21.2 Å². The lowest BCUT2D eigenvalue weighted by Gasteiger charge is -2.08. The molecule has 0 heterocycles. The van der Waals surface area contributed by atoms with E-state index in [-0.39, 0.29) is 11.5 Å². The first-order valence-electron chi connectivity index (χ1n) is 5.67. The van der Waals surface area contributed by atoms with Gasteiger partial charge < -0.3 is 16.2 Å². The molecule has 0 bridgehead atoms. The maximum atomic E-state index is 12.1. The number of rotatable bonds is 3. The molecule has 0 aromatic heterocycles. The van der Waals surface area contributed by atoms with Gasteiger partial charge in [0.2, 0.25) is 0 Å². The predicted molar refractivity (Wildman–Crippen MR) is 79.9 cm³/mol. The molecule has 0 unspecified atom stereocenters. The largest absolute Gasteiger partial charge is 0.478 e. The van der Waals surface area contributed by atoms with E-state index in [9.17, 15) is 9.59 Å². The Kier molecular flexibility index (Phi) is 4.05. The van der Waals surface area contributed by atoms with E-state index < -0.39 is 5.97 Å². The number of hydrogen-bond acceptors (Lipinski definition) is 3. The molecule has 1 amide bonds. The Morgan fingerprint density at radius 1 is 1.15 bits per heavy atom. The monoisotopic (exact) mass is 334 g/mol. The molecule has 0 radical (unpaired) electrons. The number of amides is 1. The second-order valence-electron chi connectivity index (χ2n) is 4.08. The number of carboxylic acid groups (broad SMARTS) is 1. The first kappa shape index (κ1) is 14.1. The smallest absolute Gasteiger partial charge is 0.335 e. The van der Waals surface area contributed by atoms with Crippen molar-refractivity contribution in [3.63, 3.8) is 0 Å². The molecule has 0 fully saturated rings. The van der Waals surface area contributed by atoms with Crippen molar-refractivity contribution >= 4 is 39.2 Å². The van der Waals surface area contributed by atoms with Crippen LogP contribution in [0.5, 0.6) is 0 Å². The van der Waals surface area contributed by atoms with E-state index in [0.29, 0.717) is 21.4 Å². The number of carbonyl (C=O) groups is 2. The third-order valence-corrected chi connectivity index (χ3v) is 3.29. The number of halogens is 1. The van der Waals surface area contributed by atoms with Gasteiger partial charge in [0.15, 0.2) is 0 Å². The number of nitrogens with one attached hydrogen (secondary N) is 1. The topological polar surface area (TPSA) is 92.4 Å². The lowest BCUT2D eigenvalue weighted by Crippen LogP contribution is -2.13. The van der Waals surface area contributed by atoms with E-state index in [4.69, 9.17) is 10.8 Å². The highest BCUT2D eigenvalue weighted by Crippen LogP contribution is 2.21. The van der Waals surface area contributed by atoms with Crippen molar-refractivity contribution in [3.05, 3.63) is 58.1 Å². The molecular formula is C14H11BrN2O3. The third-order valence-electron chi connectivity index (χ3n) is 2.60. The van der Waals surface area contributed by atoms with Crippen molar-refractivity contribution < 1.29 is 14.7 Å². The maximum Gasteiger partial charge on any atom is 0.335 e. The van der Waals surface area contributed by atoms with Gasteiger partial charge in [0.05, 0.1) is 11.1 Å². The molecule has 6 heteroatoms. The van der Waals surface area contributed by atoms with E-state index in [1.165, 1.54) is 12.1 Å². The van der Waals surface area contributed by atoms with Gasteiger partial charge in [0.1, 0.15) is 0 Å². The van der Waals surface area contributed by atoms with Crippen LogP contribution in [0.25, 0.3) is 0 Å². The third kappa shape index (κ3) is 3.16. The summed E-state index contributed by atoms with van der Waals surface area (Å²) in [5.74, 6) is -1.42. The van der Waals surface area contributed by atoms with Gasteiger partial charge in [-0.05, 0) is 52.3 Å². The fourth-order valence-corrected chi connectivity index (χ4v) is 2.07. The normalized spacial score (nSPS) is 10.1. The van der Waals surface area contributed by atoms with Crippen LogP contribution in [0, 0.1) is 0 Å². The molecule has 5 nitrogen and oxygen atoms in total. The fraction of sp³-hybridized carbons (Fsp3) is 0. The van der Waals surface area contributed by atoms with Crippen LogP contribution in [0.3, 0.4) is 0 Å². The highest BCUT2D eigenvalue weighted by Gasteiger charge is 2.11. The molecule has 0 aliphatic heterocycles. The minimum atomic E-state index is -1.05. The number of carboxylic acids is 1. The molecule has 2 aromatic carbocycles. The van der Waals surface area contributed by atoms with Gasteiger partial charge >= 0.3 is 5.97 Å². The van der Waals surface area contributed by atoms with Crippen LogP contribution in [-0.4, -0.2) is 17.0 Å². The Morgan fingerprint density at radius 2 is 1.90 bits per heavy atom. The van der Waals surface area contributed by atoms with Gasteiger partial charge in [-0.25, -0.2) is 4.79 Å². The van der Waals surface area contributed by atoms with Gasteiger partial charge in [0.25, 0.3) is 5.91 Å². The van der Waals surface area contributed by atoms with Crippen LogP contribution in [0.1, 0.15) is 20.7 Å². The van der Waals surface area contributed by atoms with Gasteiger partial charge in [-0.2, -0.15) is 0 Å². The van der Waals surface area contributed by atoms with Gasteiger partial charge in [-0.1, -0.05) is 6.07 Å². The molecule has 102 valence electrons. The maximum absolute atomic E-state index is 12.1. The molecule has 0 aliphatic rings. The average molecular weight is 335 g/mol. The average Bonchev–Trinajstić information content (AvgIpc) is 2.41. The summed E-state index contributed by atoms with van der Waals surface area (Å²) in [5, 5.41) is 11.5. The molecule has 0 spiro atoms. The highest BCUT2D eigenvalue weighted by atomic mass is 79.9. The van der Waals surface area contributed by atoms with E-state index in [1.54, 1.807) is 30.3 Å². The Hall–Kier alpha value is -2.34. The Labute approximate surface area is 123 Å². The predicted octanol–water partition coefficient (Wildman–Crippen LogP) is 2.98. The van der Waals surface area contributed by atoms with Gasteiger partial charge in [-0.15, -0.1) is 0 Å². The number of hydrogen-bond donors (Lipinski definition) is 3. The lowest BCUT2D eigenvalue weighted by atomic mass is 10.1. The zero-order valence-electron chi connectivity index (χ0n) is 10.3. The van der Waals surface area contributed by atoms with E-state index in [0.717, 1.165) is 0 Å². The molecule has 0 saturated carbocycles. The lowest BCUT2D eigenvalue weighted by molar-refractivity contribution is 0.0696. The number of nitrogen functional groups attached to an aromatic ring is 1. The fourth-order valence-electron chi connectivity index (χ4n) is 1.65. The van der Waals surface area contributed by atoms with Crippen LogP contribution >= 0.6 is 15.9 Å². The van der Waals surface area contributed by atoms with Crippen molar-refractivity contribution in [1.29, 1.82) is 0 Å². The number of nitrogens with two attached hydrogens (primary N) is 1. The number of anilines is 2. The summed E-state index contributed by atoms with van der Waals surface area (Å²) in [5.41, 5.74) is 7.01. The summed E-state index contributed by atoms with van der Waals surface area (Å²) in [7, 11) is 0. The molecule has 4 N–H and O–H groups in total. The first-order valence-corrected chi connectivity index (χ1v) is 6.46. The zero-order valence-corrected chi connectivity index (χ0v) is 11.8. The van der Waals surface area contributed by atoms with Crippen molar-refractivity contribution in [2.75, 3.05) is 11.1 Å². The van der Waals surface area contributed by atoms with Crippen LogP contribution in [0.15, 0.2) is 46.9 Å². The number of carbonyl (C=O) groups excluding carboxylic acids is 1. The van der Waals surface area contributed by atoms with Crippen LogP contribution in [0.2, 0.25) is 0 Å². The standard InChI is InChI=1S/C14H11BrN2O3/c15-12-5-4-9(16)7-11(12)13(18)17-10-3-1-2-8(6-10)14(19)20/h1-7H,16H2,(H,17,18)(H,19,20). The Balaban J connectivity index is 2.25. The highest BCUT2D eigenvalue weighted by molar-refractivity contribution is 9.10. The molecule has 2 rings (SSSR count). The van der Waals surface area contributed by atoms with Crippen LogP contribution in [-0.2, 0) is 0 Å². The van der Waals surface area contributed by atoms with E-state index in [1.807, 2.05) is 0 Å². The molecule has 0 atom stereocenters. The summed E-state index contributed by atoms with van der Waals surface area (Å²) in [4.78, 5) is 23.0. The molecule has 0 saturated heterocycles. The van der Waals surface area contributed by atoms with Crippen LogP contribution in [0.4, 0.5) is 11.4 Å². The molecule has 20 heavy (non-hydrogen) atoms. The summed E-state index contributed by atoms with van der Waals surface area (Å²) in [6, 6.07) is 10.9. The van der Waals surface area contributed by atoms with Crippen LogP contribution < -0.4 is 11.1 Å².